The number of aromatic nitrogens is 2. The maximum Gasteiger partial charge on any atom is 0.225 e. The third-order valence-electron chi connectivity index (χ3n) is 4.32. The Balaban J connectivity index is 1.57. The number of hydrogen-bond acceptors (Lipinski definition) is 4. The summed E-state index contributed by atoms with van der Waals surface area (Å²) in [5.41, 5.74) is 2.33. The van der Waals surface area contributed by atoms with Crippen LogP contribution in [0.4, 0.5) is 5.82 Å². The Hall–Kier alpha value is -2.14. The summed E-state index contributed by atoms with van der Waals surface area (Å²) in [6.45, 7) is 4.16. The van der Waals surface area contributed by atoms with Crippen LogP contribution in [0, 0.1) is 12.8 Å². The summed E-state index contributed by atoms with van der Waals surface area (Å²) in [4.78, 5) is 22.7. The molecule has 0 saturated carbocycles. The molecule has 1 aliphatic heterocycles. The average molecular weight is 345 g/mol. The van der Waals surface area contributed by atoms with E-state index in [1.54, 1.807) is 6.20 Å². The van der Waals surface area contributed by atoms with Gasteiger partial charge in [0, 0.05) is 25.8 Å². The summed E-state index contributed by atoms with van der Waals surface area (Å²) in [6, 6.07) is 10.0. The number of hydrogen-bond donors (Lipinski definition) is 1. The van der Waals surface area contributed by atoms with E-state index in [0.29, 0.717) is 13.1 Å². The number of nitrogens with one attached hydrogen (secondary N) is 1. The van der Waals surface area contributed by atoms with Gasteiger partial charge in [0.05, 0.1) is 5.92 Å². The van der Waals surface area contributed by atoms with Crippen LogP contribution in [-0.2, 0) is 11.3 Å². The van der Waals surface area contributed by atoms with Crippen molar-refractivity contribution in [1.29, 1.82) is 0 Å². The number of halogens is 1. The summed E-state index contributed by atoms with van der Waals surface area (Å²) in [7, 11) is 0. The largest absolute Gasteiger partial charge is 0.356 e. The second kappa shape index (κ2) is 7.62. The Bertz CT molecular complexity index is 704. The van der Waals surface area contributed by atoms with E-state index in [-0.39, 0.29) is 17.1 Å². The first-order valence-electron chi connectivity index (χ1n) is 8.18. The number of anilines is 1. The number of aryl methyl sites for hydroxylation is 1. The summed E-state index contributed by atoms with van der Waals surface area (Å²) >= 11 is 5.86. The van der Waals surface area contributed by atoms with Crippen molar-refractivity contribution in [3.05, 3.63) is 52.9 Å². The lowest BCUT2D eigenvalue weighted by Gasteiger charge is -2.32. The molecule has 2 aromatic rings. The minimum absolute atomic E-state index is 0.0297. The van der Waals surface area contributed by atoms with Crippen LogP contribution in [0.3, 0.4) is 0 Å². The van der Waals surface area contributed by atoms with Crippen molar-refractivity contribution in [3.63, 3.8) is 0 Å². The maximum absolute atomic E-state index is 12.5. The third kappa shape index (κ3) is 4.23. The smallest absolute Gasteiger partial charge is 0.225 e. The molecule has 1 aromatic heterocycles. The van der Waals surface area contributed by atoms with Crippen molar-refractivity contribution < 1.29 is 4.79 Å². The van der Waals surface area contributed by atoms with Gasteiger partial charge in [0.25, 0.3) is 0 Å². The predicted molar refractivity (Wildman–Crippen MR) is 95.0 cm³/mol. The number of carbonyl (C=O) groups is 1. The van der Waals surface area contributed by atoms with Crippen molar-refractivity contribution in [1.82, 2.24) is 15.3 Å². The van der Waals surface area contributed by atoms with E-state index in [1.807, 2.05) is 18.2 Å². The van der Waals surface area contributed by atoms with Gasteiger partial charge < -0.3 is 10.2 Å². The Morgan fingerprint density at radius 2 is 2.12 bits per heavy atom. The summed E-state index contributed by atoms with van der Waals surface area (Å²) in [5.74, 6) is 0.851. The summed E-state index contributed by atoms with van der Waals surface area (Å²) in [5, 5.41) is 3.28. The molecule has 0 radical (unpaired) electrons. The highest BCUT2D eigenvalue weighted by molar-refractivity contribution is 6.28. The SMILES string of the molecule is Cc1ccc(CNC(=O)C2CCCN(c3ccnc(Cl)n3)C2)cc1. The van der Waals surface area contributed by atoms with E-state index >= 15 is 0 Å². The molecule has 3 rings (SSSR count). The lowest BCUT2D eigenvalue weighted by molar-refractivity contribution is -0.125. The molecule has 1 unspecified atom stereocenters. The normalized spacial score (nSPS) is 17.6. The van der Waals surface area contributed by atoms with E-state index < -0.39 is 0 Å². The molecular weight excluding hydrogens is 324 g/mol. The fraction of sp³-hybridized carbons (Fsp3) is 0.389. The Morgan fingerprint density at radius 3 is 2.88 bits per heavy atom. The van der Waals surface area contributed by atoms with Gasteiger partial charge in [0.1, 0.15) is 5.82 Å². The van der Waals surface area contributed by atoms with E-state index in [1.165, 1.54) is 5.56 Å². The van der Waals surface area contributed by atoms with Gasteiger partial charge in [-0.25, -0.2) is 9.97 Å². The number of amides is 1. The van der Waals surface area contributed by atoms with Crippen molar-refractivity contribution in [2.24, 2.45) is 5.92 Å². The topological polar surface area (TPSA) is 58.1 Å². The van der Waals surface area contributed by atoms with Gasteiger partial charge in [-0.05, 0) is 43.0 Å². The molecule has 1 fully saturated rings. The zero-order valence-corrected chi connectivity index (χ0v) is 14.5. The van der Waals surface area contributed by atoms with E-state index in [0.717, 1.165) is 30.8 Å². The van der Waals surface area contributed by atoms with Gasteiger partial charge in [-0.1, -0.05) is 29.8 Å². The maximum atomic E-state index is 12.5. The van der Waals surface area contributed by atoms with Crippen LogP contribution in [0.5, 0.6) is 0 Å². The van der Waals surface area contributed by atoms with Crippen molar-refractivity contribution in [2.75, 3.05) is 18.0 Å². The van der Waals surface area contributed by atoms with Gasteiger partial charge in [-0.2, -0.15) is 0 Å². The fourth-order valence-electron chi connectivity index (χ4n) is 2.94. The first-order chi connectivity index (χ1) is 11.6. The number of nitrogens with zero attached hydrogens (tertiary/aromatic N) is 3. The van der Waals surface area contributed by atoms with Crippen LogP contribution in [0.15, 0.2) is 36.5 Å². The molecule has 0 spiro atoms. The van der Waals surface area contributed by atoms with Crippen molar-refractivity contribution in [3.8, 4) is 0 Å². The van der Waals surface area contributed by atoms with Crippen LogP contribution in [0.25, 0.3) is 0 Å². The monoisotopic (exact) mass is 344 g/mol. The van der Waals surface area contributed by atoms with E-state index in [4.69, 9.17) is 11.6 Å². The first-order valence-corrected chi connectivity index (χ1v) is 8.56. The lowest BCUT2D eigenvalue weighted by Crippen LogP contribution is -2.43. The van der Waals surface area contributed by atoms with Gasteiger partial charge >= 0.3 is 0 Å². The highest BCUT2D eigenvalue weighted by Crippen LogP contribution is 2.22. The molecule has 24 heavy (non-hydrogen) atoms. The van der Waals surface area contributed by atoms with Crippen molar-refractivity contribution >= 4 is 23.3 Å². The van der Waals surface area contributed by atoms with Gasteiger partial charge in [0.2, 0.25) is 11.2 Å². The average Bonchev–Trinajstić information content (AvgIpc) is 2.61. The molecule has 1 aromatic carbocycles. The molecule has 1 N–H and O–H groups in total. The number of benzene rings is 1. The second-order valence-corrected chi connectivity index (χ2v) is 6.51. The van der Waals surface area contributed by atoms with E-state index in [2.05, 4.69) is 39.2 Å². The van der Waals surface area contributed by atoms with E-state index in [9.17, 15) is 4.79 Å². The van der Waals surface area contributed by atoms with Crippen LogP contribution >= 0.6 is 11.6 Å². The molecule has 6 heteroatoms. The number of piperidine rings is 1. The molecule has 1 amide bonds. The zero-order chi connectivity index (χ0) is 16.9. The quantitative estimate of drug-likeness (QED) is 0.866. The summed E-state index contributed by atoms with van der Waals surface area (Å²) < 4.78 is 0. The molecule has 1 atom stereocenters. The fourth-order valence-corrected chi connectivity index (χ4v) is 3.08. The Labute approximate surface area is 147 Å². The third-order valence-corrected chi connectivity index (χ3v) is 4.50. The molecule has 1 saturated heterocycles. The highest BCUT2D eigenvalue weighted by atomic mass is 35.5. The molecule has 0 aliphatic carbocycles. The zero-order valence-electron chi connectivity index (χ0n) is 13.7. The highest BCUT2D eigenvalue weighted by Gasteiger charge is 2.26. The van der Waals surface area contributed by atoms with Gasteiger partial charge in [0.15, 0.2) is 0 Å². The minimum Gasteiger partial charge on any atom is -0.356 e. The van der Waals surface area contributed by atoms with Gasteiger partial charge in [-0.3, -0.25) is 4.79 Å². The van der Waals surface area contributed by atoms with Crippen LogP contribution in [-0.4, -0.2) is 29.0 Å². The minimum atomic E-state index is -0.0297. The molecule has 126 valence electrons. The van der Waals surface area contributed by atoms with Crippen LogP contribution in [0.1, 0.15) is 24.0 Å². The Kier molecular flexibility index (Phi) is 5.30. The number of rotatable bonds is 4. The lowest BCUT2D eigenvalue weighted by atomic mass is 9.97. The van der Waals surface area contributed by atoms with Crippen LogP contribution < -0.4 is 10.2 Å². The molecule has 5 nitrogen and oxygen atoms in total. The van der Waals surface area contributed by atoms with Gasteiger partial charge in [-0.15, -0.1) is 0 Å². The first kappa shape index (κ1) is 16.7. The molecule has 2 heterocycles. The predicted octanol–water partition coefficient (Wildman–Crippen LogP) is 2.97. The molecule has 1 aliphatic rings. The standard InChI is InChI=1S/C18H21ClN4O/c1-13-4-6-14(7-5-13)11-21-17(24)15-3-2-10-23(12-15)16-8-9-20-18(19)22-16/h4-9,15H,2-3,10-12H2,1H3,(H,21,24). The summed E-state index contributed by atoms with van der Waals surface area (Å²) in [6.07, 6.45) is 3.50. The van der Waals surface area contributed by atoms with Crippen LogP contribution in [0.2, 0.25) is 5.28 Å². The molecular formula is C18H21ClN4O. The second-order valence-electron chi connectivity index (χ2n) is 6.17. The van der Waals surface area contributed by atoms with Crippen molar-refractivity contribution in [2.45, 2.75) is 26.3 Å². The molecule has 0 bridgehead atoms. The Morgan fingerprint density at radius 1 is 1.33 bits per heavy atom. The number of carbonyl (C=O) groups excluding carboxylic acids is 1.